The lowest BCUT2D eigenvalue weighted by Crippen LogP contribution is -2.05. The van der Waals surface area contributed by atoms with E-state index in [1.54, 1.807) is 11.3 Å². The summed E-state index contributed by atoms with van der Waals surface area (Å²) in [6, 6.07) is 5.82. The second-order valence-corrected chi connectivity index (χ2v) is 5.18. The molecule has 114 valence electrons. The van der Waals surface area contributed by atoms with E-state index in [4.69, 9.17) is 9.47 Å². The number of benzene rings is 1. The SMILES string of the molecule is CCOc1ccc(Nc2nc(CNC)cs2)cc1OCC. The lowest BCUT2D eigenvalue weighted by molar-refractivity contribution is 0.288. The quantitative estimate of drug-likeness (QED) is 0.783. The summed E-state index contributed by atoms with van der Waals surface area (Å²) in [5.41, 5.74) is 1.97. The van der Waals surface area contributed by atoms with Gasteiger partial charge >= 0.3 is 0 Å². The lowest BCUT2D eigenvalue weighted by Gasteiger charge is -2.12. The second-order valence-electron chi connectivity index (χ2n) is 4.33. The van der Waals surface area contributed by atoms with E-state index in [0.717, 1.165) is 34.6 Å². The first-order valence-electron chi connectivity index (χ1n) is 7.02. The number of nitrogens with one attached hydrogen (secondary N) is 2. The minimum atomic E-state index is 0.604. The van der Waals surface area contributed by atoms with Crippen molar-refractivity contribution in [3.05, 3.63) is 29.3 Å². The third-order valence-electron chi connectivity index (χ3n) is 2.70. The van der Waals surface area contributed by atoms with Gasteiger partial charge in [0.25, 0.3) is 0 Å². The van der Waals surface area contributed by atoms with E-state index in [1.807, 2.05) is 44.5 Å². The molecule has 0 amide bonds. The fourth-order valence-corrected chi connectivity index (χ4v) is 2.61. The molecule has 2 aromatic rings. The van der Waals surface area contributed by atoms with Gasteiger partial charge in [0.15, 0.2) is 16.6 Å². The topological polar surface area (TPSA) is 55.4 Å². The minimum Gasteiger partial charge on any atom is -0.490 e. The zero-order valence-corrected chi connectivity index (χ0v) is 13.4. The summed E-state index contributed by atoms with van der Waals surface area (Å²) in [5.74, 6) is 1.51. The van der Waals surface area contributed by atoms with E-state index in [1.165, 1.54) is 0 Å². The highest BCUT2D eigenvalue weighted by atomic mass is 32.1. The zero-order valence-electron chi connectivity index (χ0n) is 12.6. The van der Waals surface area contributed by atoms with Gasteiger partial charge in [-0.1, -0.05) is 0 Å². The van der Waals surface area contributed by atoms with E-state index in [-0.39, 0.29) is 0 Å². The van der Waals surface area contributed by atoms with Crippen LogP contribution in [0.1, 0.15) is 19.5 Å². The maximum atomic E-state index is 5.62. The van der Waals surface area contributed by atoms with Gasteiger partial charge in [0, 0.05) is 23.7 Å². The fourth-order valence-electron chi connectivity index (χ4n) is 1.88. The lowest BCUT2D eigenvalue weighted by atomic mass is 10.2. The molecule has 0 saturated heterocycles. The molecule has 21 heavy (non-hydrogen) atoms. The number of aromatic nitrogens is 1. The molecule has 0 atom stereocenters. The molecule has 1 aromatic heterocycles. The predicted octanol–water partition coefficient (Wildman–Crippen LogP) is 3.40. The summed E-state index contributed by atoms with van der Waals surface area (Å²) in [4.78, 5) is 4.50. The molecule has 2 rings (SSSR count). The molecule has 0 aliphatic rings. The van der Waals surface area contributed by atoms with Crippen molar-refractivity contribution in [3.63, 3.8) is 0 Å². The van der Waals surface area contributed by atoms with Gasteiger partial charge in [0.05, 0.1) is 18.9 Å². The van der Waals surface area contributed by atoms with Gasteiger partial charge in [-0.25, -0.2) is 4.98 Å². The largest absolute Gasteiger partial charge is 0.490 e. The molecule has 0 bridgehead atoms. The average Bonchev–Trinajstić information content (AvgIpc) is 2.90. The number of hydrogen-bond acceptors (Lipinski definition) is 6. The van der Waals surface area contributed by atoms with Crippen molar-refractivity contribution in [2.75, 3.05) is 25.6 Å². The first-order chi connectivity index (χ1) is 10.3. The van der Waals surface area contributed by atoms with Crippen LogP contribution in [-0.2, 0) is 6.54 Å². The molecule has 0 saturated carbocycles. The minimum absolute atomic E-state index is 0.604. The van der Waals surface area contributed by atoms with Crippen LogP contribution in [0.4, 0.5) is 10.8 Å². The second kappa shape index (κ2) is 7.85. The fraction of sp³-hybridized carbons (Fsp3) is 0.400. The first kappa shape index (κ1) is 15.6. The summed E-state index contributed by atoms with van der Waals surface area (Å²) in [5, 5.41) is 9.29. The molecule has 0 unspecified atom stereocenters. The molecule has 2 N–H and O–H groups in total. The van der Waals surface area contributed by atoms with Gasteiger partial charge in [0.1, 0.15) is 0 Å². The highest BCUT2D eigenvalue weighted by molar-refractivity contribution is 7.13. The summed E-state index contributed by atoms with van der Waals surface area (Å²) in [6.07, 6.45) is 0. The number of rotatable bonds is 8. The van der Waals surface area contributed by atoms with Gasteiger partial charge in [-0.05, 0) is 33.0 Å². The standard InChI is InChI=1S/C15H21N3O2S/c1-4-19-13-7-6-11(8-14(13)20-5-2)17-15-18-12(9-16-3)10-21-15/h6-8,10,16H,4-5,9H2,1-3H3,(H,17,18). The third kappa shape index (κ3) is 4.34. The number of hydrogen-bond donors (Lipinski definition) is 2. The Morgan fingerprint density at radius 3 is 2.62 bits per heavy atom. The number of anilines is 2. The molecule has 0 spiro atoms. The normalized spacial score (nSPS) is 10.4. The van der Waals surface area contributed by atoms with Gasteiger partial charge in [-0.2, -0.15) is 0 Å². The monoisotopic (exact) mass is 307 g/mol. The Labute approximate surface area is 129 Å². The molecule has 0 aliphatic carbocycles. The van der Waals surface area contributed by atoms with Crippen molar-refractivity contribution in [1.29, 1.82) is 0 Å². The van der Waals surface area contributed by atoms with Crippen LogP contribution in [0.2, 0.25) is 0 Å². The zero-order chi connectivity index (χ0) is 15.1. The highest BCUT2D eigenvalue weighted by Gasteiger charge is 2.08. The maximum absolute atomic E-state index is 5.62. The Bertz CT molecular complexity index is 572. The van der Waals surface area contributed by atoms with Crippen LogP contribution >= 0.6 is 11.3 Å². The Hall–Kier alpha value is -1.79. The van der Waals surface area contributed by atoms with Crippen molar-refractivity contribution < 1.29 is 9.47 Å². The van der Waals surface area contributed by atoms with Crippen LogP contribution in [0.15, 0.2) is 23.6 Å². The van der Waals surface area contributed by atoms with Crippen LogP contribution in [0.5, 0.6) is 11.5 Å². The average molecular weight is 307 g/mol. The molecule has 5 nitrogen and oxygen atoms in total. The van der Waals surface area contributed by atoms with Crippen LogP contribution in [-0.4, -0.2) is 25.2 Å². The van der Waals surface area contributed by atoms with E-state index in [9.17, 15) is 0 Å². The molecule has 0 fully saturated rings. The van der Waals surface area contributed by atoms with Crippen molar-refractivity contribution in [2.24, 2.45) is 0 Å². The van der Waals surface area contributed by atoms with E-state index < -0.39 is 0 Å². The van der Waals surface area contributed by atoms with Gasteiger partial charge < -0.3 is 20.1 Å². The molecule has 1 heterocycles. The predicted molar refractivity (Wildman–Crippen MR) is 86.9 cm³/mol. The third-order valence-corrected chi connectivity index (χ3v) is 3.51. The van der Waals surface area contributed by atoms with Gasteiger partial charge in [-0.3, -0.25) is 0 Å². The van der Waals surface area contributed by atoms with Crippen molar-refractivity contribution in [1.82, 2.24) is 10.3 Å². The number of ether oxygens (including phenoxy) is 2. The molecule has 6 heteroatoms. The number of nitrogens with zero attached hydrogens (tertiary/aromatic N) is 1. The van der Waals surface area contributed by atoms with E-state index in [0.29, 0.717) is 13.2 Å². The molecular weight excluding hydrogens is 286 g/mol. The summed E-state index contributed by atoms with van der Waals surface area (Å²) in [6.45, 7) is 5.91. The Morgan fingerprint density at radius 1 is 1.14 bits per heavy atom. The Kier molecular flexibility index (Phi) is 5.83. The van der Waals surface area contributed by atoms with Crippen molar-refractivity contribution in [2.45, 2.75) is 20.4 Å². The smallest absolute Gasteiger partial charge is 0.187 e. The van der Waals surface area contributed by atoms with E-state index in [2.05, 4.69) is 15.6 Å². The maximum Gasteiger partial charge on any atom is 0.187 e. The van der Waals surface area contributed by atoms with Crippen LogP contribution in [0.3, 0.4) is 0 Å². The number of thiazole rings is 1. The first-order valence-corrected chi connectivity index (χ1v) is 7.90. The van der Waals surface area contributed by atoms with Crippen LogP contribution in [0.25, 0.3) is 0 Å². The van der Waals surface area contributed by atoms with Crippen LogP contribution in [0, 0.1) is 0 Å². The molecule has 1 aromatic carbocycles. The molecular formula is C15H21N3O2S. The van der Waals surface area contributed by atoms with Crippen LogP contribution < -0.4 is 20.1 Å². The molecule has 0 aliphatic heterocycles. The summed E-state index contributed by atoms with van der Waals surface area (Å²) >= 11 is 1.58. The Balaban J connectivity index is 2.13. The van der Waals surface area contributed by atoms with Gasteiger partial charge in [-0.15, -0.1) is 11.3 Å². The summed E-state index contributed by atoms with van der Waals surface area (Å²) < 4.78 is 11.2. The van der Waals surface area contributed by atoms with Crippen molar-refractivity contribution >= 4 is 22.2 Å². The molecule has 0 radical (unpaired) electrons. The highest BCUT2D eigenvalue weighted by Crippen LogP contribution is 2.32. The van der Waals surface area contributed by atoms with Gasteiger partial charge in [0.2, 0.25) is 0 Å². The summed E-state index contributed by atoms with van der Waals surface area (Å²) in [7, 11) is 1.91. The van der Waals surface area contributed by atoms with Crippen molar-refractivity contribution in [3.8, 4) is 11.5 Å². The van der Waals surface area contributed by atoms with E-state index >= 15 is 0 Å². The Morgan fingerprint density at radius 2 is 1.90 bits per heavy atom.